The largest absolute Gasteiger partial charge is 0.474 e. The van der Waals surface area contributed by atoms with E-state index < -0.39 is 0 Å². The number of halogens is 2. The first-order valence-corrected chi connectivity index (χ1v) is 11.1. The van der Waals surface area contributed by atoms with Gasteiger partial charge in [0.25, 0.3) is 0 Å². The maximum atomic E-state index is 5.85. The number of aromatic nitrogens is 1. The van der Waals surface area contributed by atoms with Crippen molar-refractivity contribution in [1.82, 2.24) is 4.98 Å². The Morgan fingerprint density at radius 2 is 1.07 bits per heavy atom. The summed E-state index contributed by atoms with van der Waals surface area (Å²) in [4.78, 5) is 14.2. The van der Waals surface area contributed by atoms with Crippen molar-refractivity contribution in [2.75, 3.05) is 13.2 Å². The monoisotopic (exact) mass is 525 g/mol. The van der Waals surface area contributed by atoms with Crippen LogP contribution in [0.4, 0.5) is 0 Å². The summed E-state index contributed by atoms with van der Waals surface area (Å²) in [5, 5.41) is 0. The van der Waals surface area contributed by atoms with E-state index in [0.29, 0.717) is 36.4 Å². The molecule has 5 nitrogen and oxygen atoms in total. The quantitative estimate of drug-likeness (QED) is 0.442. The molecule has 0 saturated heterocycles. The van der Waals surface area contributed by atoms with Crippen molar-refractivity contribution >= 4 is 43.7 Å². The molecule has 150 valence electrons. The topological polar surface area (TPSA) is 56.1 Å². The van der Waals surface area contributed by atoms with Crippen molar-refractivity contribution in [3.05, 3.63) is 98.2 Å². The molecule has 0 bridgehead atoms. The van der Waals surface area contributed by atoms with Gasteiger partial charge in [0.1, 0.15) is 36.7 Å². The van der Waals surface area contributed by atoms with Gasteiger partial charge in [0, 0.05) is 8.95 Å². The summed E-state index contributed by atoms with van der Waals surface area (Å²) in [5.74, 6) is 1.10. The van der Waals surface area contributed by atoms with Gasteiger partial charge >= 0.3 is 0 Å². The van der Waals surface area contributed by atoms with Crippen molar-refractivity contribution in [3.8, 4) is 0 Å². The number of ether oxygens (including phenoxy) is 2. The molecule has 0 saturated carbocycles. The first kappa shape index (κ1) is 19.5. The Morgan fingerprint density at radius 1 is 0.633 bits per heavy atom. The van der Waals surface area contributed by atoms with Gasteiger partial charge in [0.15, 0.2) is 0 Å². The van der Waals surface area contributed by atoms with E-state index in [1.807, 2.05) is 42.5 Å². The summed E-state index contributed by atoms with van der Waals surface area (Å²) < 4.78 is 13.8. The van der Waals surface area contributed by atoms with Crippen molar-refractivity contribution in [2.24, 2.45) is 9.98 Å². The van der Waals surface area contributed by atoms with Crippen molar-refractivity contribution < 1.29 is 9.47 Å². The molecule has 30 heavy (non-hydrogen) atoms. The number of aliphatic imine (C=N–C) groups is 2. The SMILES string of the molecule is Brc1ccc([C@H]2COC(c3cccc(C4=N[C@@H](c5ccc(Br)cc5)CO4)n3)=N2)cc1. The van der Waals surface area contributed by atoms with Gasteiger partial charge < -0.3 is 9.47 Å². The molecular weight excluding hydrogens is 510 g/mol. The lowest BCUT2D eigenvalue weighted by atomic mass is 10.1. The van der Waals surface area contributed by atoms with Gasteiger partial charge in [-0.2, -0.15) is 0 Å². The molecule has 5 rings (SSSR count). The fraction of sp³-hybridized carbons (Fsp3) is 0.174. The molecule has 2 aliphatic heterocycles. The molecule has 3 heterocycles. The smallest absolute Gasteiger partial charge is 0.236 e. The van der Waals surface area contributed by atoms with E-state index in [1.165, 1.54) is 0 Å². The second-order valence-corrected chi connectivity index (χ2v) is 8.86. The Kier molecular flexibility index (Phi) is 5.39. The summed E-state index contributed by atoms with van der Waals surface area (Å²) in [6, 6.07) is 21.9. The molecule has 2 aliphatic rings. The van der Waals surface area contributed by atoms with Crippen LogP contribution in [0.1, 0.15) is 34.6 Å². The predicted octanol–water partition coefficient (Wildman–Crippen LogP) is 5.64. The van der Waals surface area contributed by atoms with Crippen LogP contribution in [-0.4, -0.2) is 30.0 Å². The van der Waals surface area contributed by atoms with Crippen molar-refractivity contribution in [2.45, 2.75) is 12.1 Å². The van der Waals surface area contributed by atoms with Crippen LogP contribution in [0.2, 0.25) is 0 Å². The lowest BCUT2D eigenvalue weighted by Gasteiger charge is -2.04. The molecule has 0 unspecified atom stereocenters. The van der Waals surface area contributed by atoms with E-state index in [1.54, 1.807) is 0 Å². The fourth-order valence-electron chi connectivity index (χ4n) is 3.41. The number of hydrogen-bond donors (Lipinski definition) is 0. The van der Waals surface area contributed by atoms with Crippen LogP contribution in [0.3, 0.4) is 0 Å². The third-order valence-electron chi connectivity index (χ3n) is 5.00. The minimum Gasteiger partial charge on any atom is -0.474 e. The third-order valence-corrected chi connectivity index (χ3v) is 6.06. The van der Waals surface area contributed by atoms with Crippen LogP contribution >= 0.6 is 31.9 Å². The summed E-state index contributed by atoms with van der Waals surface area (Å²) in [5.41, 5.74) is 3.60. The highest BCUT2D eigenvalue weighted by Gasteiger charge is 2.25. The fourth-order valence-corrected chi connectivity index (χ4v) is 3.94. The zero-order chi connectivity index (χ0) is 20.5. The van der Waals surface area contributed by atoms with Crippen LogP contribution in [0.15, 0.2) is 85.7 Å². The molecule has 1 aromatic heterocycles. The van der Waals surface area contributed by atoms with Crippen LogP contribution in [0.5, 0.6) is 0 Å². The molecule has 0 fully saturated rings. The number of nitrogens with zero attached hydrogens (tertiary/aromatic N) is 3. The van der Waals surface area contributed by atoms with Crippen molar-refractivity contribution in [3.63, 3.8) is 0 Å². The lowest BCUT2D eigenvalue weighted by Crippen LogP contribution is -2.09. The second-order valence-electron chi connectivity index (χ2n) is 7.03. The summed E-state index contributed by atoms with van der Waals surface area (Å²) in [7, 11) is 0. The third kappa shape index (κ3) is 4.04. The molecule has 0 spiro atoms. The normalized spacial score (nSPS) is 20.3. The van der Waals surface area contributed by atoms with Gasteiger partial charge in [-0.15, -0.1) is 0 Å². The van der Waals surface area contributed by atoms with Crippen LogP contribution in [0, 0.1) is 0 Å². The average molecular weight is 527 g/mol. The van der Waals surface area contributed by atoms with Crippen LogP contribution in [-0.2, 0) is 9.47 Å². The average Bonchev–Trinajstić information content (AvgIpc) is 3.45. The second kappa shape index (κ2) is 8.32. The minimum absolute atomic E-state index is 0.0274. The Hall–Kier alpha value is -2.51. The van der Waals surface area contributed by atoms with E-state index in [9.17, 15) is 0 Å². The minimum atomic E-state index is -0.0274. The Balaban J connectivity index is 1.37. The van der Waals surface area contributed by atoms with Gasteiger partial charge in [-0.05, 0) is 47.5 Å². The van der Waals surface area contributed by atoms with Gasteiger partial charge in [0.2, 0.25) is 11.8 Å². The van der Waals surface area contributed by atoms with Crippen LogP contribution < -0.4 is 0 Å². The molecule has 0 amide bonds. The molecule has 3 aromatic rings. The maximum absolute atomic E-state index is 5.85. The summed E-state index contributed by atoms with van der Waals surface area (Å²) >= 11 is 6.93. The maximum Gasteiger partial charge on any atom is 0.236 e. The van der Waals surface area contributed by atoms with Crippen molar-refractivity contribution in [1.29, 1.82) is 0 Å². The number of hydrogen-bond acceptors (Lipinski definition) is 5. The van der Waals surface area contributed by atoms with Crippen LogP contribution in [0.25, 0.3) is 0 Å². The zero-order valence-corrected chi connectivity index (χ0v) is 19.0. The molecule has 2 atom stereocenters. The first-order chi connectivity index (χ1) is 14.7. The van der Waals surface area contributed by atoms with E-state index >= 15 is 0 Å². The Bertz CT molecular complexity index is 1040. The van der Waals surface area contributed by atoms with Gasteiger partial charge in [-0.25, -0.2) is 15.0 Å². The highest BCUT2D eigenvalue weighted by atomic mass is 79.9. The van der Waals surface area contributed by atoms with Gasteiger partial charge in [-0.1, -0.05) is 62.2 Å². The standard InChI is InChI=1S/C23H17Br2N3O2/c24-16-8-4-14(5-9-16)20-12-29-22(27-20)18-2-1-3-19(26-18)23-28-21(13-30-23)15-6-10-17(25)11-7-15/h1-11,20-21H,12-13H2/t20-,21-/m1/s1. The first-order valence-electron chi connectivity index (χ1n) is 9.55. The molecule has 0 radical (unpaired) electrons. The number of pyridine rings is 1. The molecular formula is C23H17Br2N3O2. The highest BCUT2D eigenvalue weighted by Crippen LogP contribution is 2.28. The highest BCUT2D eigenvalue weighted by molar-refractivity contribution is 9.10. The van der Waals surface area contributed by atoms with Gasteiger partial charge in [-0.3, -0.25) is 0 Å². The molecule has 0 aliphatic carbocycles. The lowest BCUT2D eigenvalue weighted by molar-refractivity contribution is 0.317. The molecule has 2 aromatic carbocycles. The Labute approximate surface area is 191 Å². The van der Waals surface area contributed by atoms with Gasteiger partial charge in [0.05, 0.1) is 0 Å². The molecule has 7 heteroatoms. The molecule has 0 N–H and O–H groups in total. The van der Waals surface area contributed by atoms with E-state index in [-0.39, 0.29) is 12.1 Å². The number of benzene rings is 2. The number of rotatable bonds is 4. The zero-order valence-electron chi connectivity index (χ0n) is 15.8. The van der Waals surface area contributed by atoms with E-state index in [2.05, 4.69) is 56.1 Å². The summed E-state index contributed by atoms with van der Waals surface area (Å²) in [6.45, 7) is 1.01. The summed E-state index contributed by atoms with van der Waals surface area (Å²) in [6.07, 6.45) is 0. The Morgan fingerprint density at radius 3 is 1.50 bits per heavy atom. The van der Waals surface area contributed by atoms with E-state index in [0.717, 1.165) is 20.1 Å². The van der Waals surface area contributed by atoms with E-state index in [4.69, 9.17) is 24.4 Å². The predicted molar refractivity (Wildman–Crippen MR) is 123 cm³/mol.